The molecule has 0 bridgehead atoms. The fourth-order valence-corrected chi connectivity index (χ4v) is 9.81. The van der Waals surface area contributed by atoms with Crippen molar-refractivity contribution >= 4 is 43.7 Å². The smallest absolute Gasteiger partial charge is 0.238 e. The van der Waals surface area contributed by atoms with Gasteiger partial charge in [0.1, 0.15) is 11.2 Å². The molecule has 5 heteroatoms. The summed E-state index contributed by atoms with van der Waals surface area (Å²) in [5.41, 5.74) is 15.8. The summed E-state index contributed by atoms with van der Waals surface area (Å²) < 4.78 is 8.59. The van der Waals surface area contributed by atoms with E-state index in [2.05, 4.69) is 166 Å². The molecule has 0 amide bonds. The highest BCUT2D eigenvalue weighted by molar-refractivity contribution is 6.17. The zero-order valence-corrected chi connectivity index (χ0v) is 31.6. The lowest BCUT2D eigenvalue weighted by molar-refractivity contribution is 0.660. The van der Waals surface area contributed by atoms with Gasteiger partial charge in [0.15, 0.2) is 11.6 Å². The van der Waals surface area contributed by atoms with Crippen molar-refractivity contribution in [2.45, 2.75) is 38.5 Å². The van der Waals surface area contributed by atoms with Gasteiger partial charge in [-0.25, -0.2) is 4.98 Å². The molecule has 0 saturated carbocycles. The molecule has 7 aromatic carbocycles. The first-order valence-electron chi connectivity index (χ1n) is 19.4. The van der Waals surface area contributed by atoms with E-state index < -0.39 is 0 Å². The minimum absolute atomic E-state index is 0.160. The molecule has 3 aromatic heterocycles. The van der Waals surface area contributed by atoms with E-state index in [1.165, 1.54) is 44.5 Å². The summed E-state index contributed by atoms with van der Waals surface area (Å²) in [5.74, 6) is 1.86. The second-order valence-corrected chi connectivity index (χ2v) is 16.5. The van der Waals surface area contributed by atoms with Gasteiger partial charge in [0, 0.05) is 43.5 Å². The van der Waals surface area contributed by atoms with Crippen LogP contribution in [-0.4, -0.2) is 19.5 Å². The molecule has 0 atom stereocenters. The molecule has 0 fully saturated rings. The van der Waals surface area contributed by atoms with Gasteiger partial charge >= 0.3 is 0 Å². The fourth-order valence-electron chi connectivity index (χ4n) is 9.81. The Hall–Kier alpha value is -6.85. The van der Waals surface area contributed by atoms with Crippen molar-refractivity contribution in [3.63, 3.8) is 0 Å². The molecular weight excluding hydrogens is 685 g/mol. The Morgan fingerprint density at radius 3 is 1.59 bits per heavy atom. The Kier molecular flexibility index (Phi) is 6.12. The summed E-state index contributed by atoms with van der Waals surface area (Å²) in [4.78, 5) is 16.1. The van der Waals surface area contributed by atoms with Crippen LogP contribution in [0.3, 0.4) is 0 Å². The van der Waals surface area contributed by atoms with Gasteiger partial charge in [0.25, 0.3) is 0 Å². The van der Waals surface area contributed by atoms with Crippen LogP contribution in [0.25, 0.3) is 94.7 Å². The maximum atomic E-state index is 6.38. The summed E-state index contributed by atoms with van der Waals surface area (Å²) in [6, 6.07) is 52.1. The van der Waals surface area contributed by atoms with Crippen LogP contribution in [0.5, 0.6) is 0 Å². The van der Waals surface area contributed by atoms with E-state index >= 15 is 0 Å². The SMILES string of the molecule is CC1(C)c2ccccc2-c2ccc(-c3nc(-c4ccc5c(c4)C(C)(C)c4ccccc4-5)nc(-n4c5ccccc5c5cc6oc7ccccc7c6cc54)n3)cc21. The number of hydrogen-bond donors (Lipinski definition) is 0. The minimum atomic E-state index is -0.160. The van der Waals surface area contributed by atoms with E-state index in [-0.39, 0.29) is 10.8 Å². The van der Waals surface area contributed by atoms with Crippen molar-refractivity contribution in [2.75, 3.05) is 0 Å². The predicted octanol–water partition coefficient (Wildman–Crippen LogP) is 12.8. The van der Waals surface area contributed by atoms with Gasteiger partial charge in [-0.05, 0) is 80.9 Å². The number of para-hydroxylation sites is 2. The van der Waals surface area contributed by atoms with Gasteiger partial charge in [-0.2, -0.15) is 9.97 Å². The van der Waals surface area contributed by atoms with Crippen molar-refractivity contribution in [1.82, 2.24) is 19.5 Å². The third kappa shape index (κ3) is 4.17. The van der Waals surface area contributed by atoms with Gasteiger partial charge < -0.3 is 4.42 Å². The van der Waals surface area contributed by atoms with E-state index in [4.69, 9.17) is 19.4 Å². The maximum Gasteiger partial charge on any atom is 0.238 e. The maximum absolute atomic E-state index is 6.38. The molecular formula is C51H36N4O. The minimum Gasteiger partial charge on any atom is -0.456 e. The monoisotopic (exact) mass is 720 g/mol. The molecule has 0 N–H and O–H groups in total. The first-order valence-corrected chi connectivity index (χ1v) is 19.4. The average molecular weight is 721 g/mol. The molecule has 2 aliphatic rings. The number of rotatable bonds is 3. The Labute approximate surface area is 323 Å². The zero-order valence-electron chi connectivity index (χ0n) is 31.6. The van der Waals surface area contributed by atoms with Crippen LogP contribution >= 0.6 is 0 Å². The largest absolute Gasteiger partial charge is 0.456 e. The number of fused-ring (bicyclic) bond motifs is 12. The quantitative estimate of drug-likeness (QED) is 0.182. The van der Waals surface area contributed by atoms with Crippen LogP contribution in [0, 0.1) is 0 Å². The summed E-state index contributed by atoms with van der Waals surface area (Å²) in [5, 5.41) is 4.35. The van der Waals surface area contributed by atoms with Crippen molar-refractivity contribution in [1.29, 1.82) is 0 Å². The molecule has 10 aromatic rings. The van der Waals surface area contributed by atoms with Crippen LogP contribution in [-0.2, 0) is 10.8 Å². The standard InChI is InChI=1S/C51H36N4O/c1-50(2)39-17-9-5-13-31(39)33-23-21-29(25-41(33)50)47-52-48(30-22-24-34-32-14-6-10-18-40(32)51(3,4)42(34)26-30)54-49(53-47)55-43-19-11-7-15-35(43)37-28-46-38(27-44(37)55)36-16-8-12-20-45(36)56-46/h5-28H,1-4H3. The topological polar surface area (TPSA) is 56.7 Å². The molecule has 266 valence electrons. The fraction of sp³-hybridized carbons (Fsp3) is 0.118. The molecule has 0 spiro atoms. The highest BCUT2D eigenvalue weighted by Gasteiger charge is 2.37. The van der Waals surface area contributed by atoms with Crippen molar-refractivity contribution in [3.05, 3.63) is 168 Å². The third-order valence-corrected chi connectivity index (χ3v) is 12.7. The van der Waals surface area contributed by atoms with Crippen LogP contribution in [0.1, 0.15) is 49.9 Å². The second-order valence-electron chi connectivity index (χ2n) is 16.5. The predicted molar refractivity (Wildman–Crippen MR) is 227 cm³/mol. The lowest BCUT2D eigenvalue weighted by Gasteiger charge is -2.22. The number of aromatic nitrogens is 4. The first-order chi connectivity index (χ1) is 27.3. The van der Waals surface area contributed by atoms with Crippen molar-refractivity contribution in [2.24, 2.45) is 0 Å². The number of hydrogen-bond acceptors (Lipinski definition) is 4. The van der Waals surface area contributed by atoms with Crippen LogP contribution < -0.4 is 0 Å². The van der Waals surface area contributed by atoms with Crippen molar-refractivity contribution in [3.8, 4) is 51.0 Å². The Balaban J connectivity index is 1.13. The summed E-state index contributed by atoms with van der Waals surface area (Å²) in [6.45, 7) is 9.26. The summed E-state index contributed by atoms with van der Waals surface area (Å²) in [6.07, 6.45) is 0. The van der Waals surface area contributed by atoms with Crippen LogP contribution in [0.4, 0.5) is 0 Å². The second kappa shape index (κ2) is 10.9. The number of furan rings is 1. The Bertz CT molecular complexity index is 3200. The average Bonchev–Trinajstić information content (AvgIpc) is 3.90. The van der Waals surface area contributed by atoms with E-state index in [1.807, 2.05) is 12.1 Å². The molecule has 12 rings (SSSR count). The number of benzene rings is 7. The molecule has 0 radical (unpaired) electrons. The number of nitrogens with zero attached hydrogens (tertiary/aromatic N) is 4. The zero-order chi connectivity index (χ0) is 37.5. The molecule has 5 nitrogen and oxygen atoms in total. The molecule has 56 heavy (non-hydrogen) atoms. The van der Waals surface area contributed by atoms with Gasteiger partial charge in [-0.15, -0.1) is 0 Å². The first kappa shape index (κ1) is 31.5. The molecule has 0 unspecified atom stereocenters. The Morgan fingerprint density at radius 1 is 0.411 bits per heavy atom. The lowest BCUT2D eigenvalue weighted by atomic mass is 9.82. The van der Waals surface area contributed by atoms with Crippen LogP contribution in [0.15, 0.2) is 150 Å². The summed E-state index contributed by atoms with van der Waals surface area (Å²) in [7, 11) is 0. The lowest BCUT2D eigenvalue weighted by Crippen LogP contribution is -2.15. The van der Waals surface area contributed by atoms with E-state index in [0.29, 0.717) is 17.6 Å². The van der Waals surface area contributed by atoms with Gasteiger partial charge in [-0.3, -0.25) is 4.57 Å². The third-order valence-electron chi connectivity index (χ3n) is 12.7. The van der Waals surface area contributed by atoms with Crippen LogP contribution in [0.2, 0.25) is 0 Å². The highest BCUT2D eigenvalue weighted by Crippen LogP contribution is 2.51. The molecule has 0 saturated heterocycles. The van der Waals surface area contributed by atoms with E-state index in [1.54, 1.807) is 0 Å². The van der Waals surface area contributed by atoms with Gasteiger partial charge in [0.05, 0.1) is 11.0 Å². The van der Waals surface area contributed by atoms with E-state index in [9.17, 15) is 0 Å². The van der Waals surface area contributed by atoms with Gasteiger partial charge in [-0.1, -0.05) is 137 Å². The highest BCUT2D eigenvalue weighted by atomic mass is 16.3. The van der Waals surface area contributed by atoms with Crippen molar-refractivity contribution < 1.29 is 4.42 Å². The molecule has 3 heterocycles. The van der Waals surface area contributed by atoms with E-state index in [0.717, 1.165) is 54.9 Å². The van der Waals surface area contributed by atoms with Gasteiger partial charge in [0.2, 0.25) is 5.95 Å². The molecule has 0 aliphatic heterocycles. The normalized spacial score (nSPS) is 14.7. The molecule has 2 aliphatic carbocycles. The summed E-state index contributed by atoms with van der Waals surface area (Å²) >= 11 is 0. The Morgan fingerprint density at radius 2 is 0.946 bits per heavy atom.